The highest BCUT2D eigenvalue weighted by atomic mass is 32.2. The van der Waals surface area contributed by atoms with Gasteiger partial charge in [-0.3, -0.25) is 4.79 Å². The number of thiazole rings is 1. The van der Waals surface area contributed by atoms with E-state index in [0.717, 1.165) is 47.1 Å². The van der Waals surface area contributed by atoms with E-state index in [2.05, 4.69) is 17.1 Å². The number of hydrogen-bond acceptors (Lipinski definition) is 8. The van der Waals surface area contributed by atoms with Crippen LogP contribution in [0.1, 0.15) is 54.0 Å². The Morgan fingerprint density at radius 2 is 2.21 bits per heavy atom. The fraction of sp³-hybridized carbons (Fsp3) is 0.357. The third-order valence-electron chi connectivity index (χ3n) is 6.71. The summed E-state index contributed by atoms with van der Waals surface area (Å²) in [5, 5.41) is 21.3. The number of amides is 1. The molecule has 1 aromatic carbocycles. The first-order chi connectivity index (χ1) is 18.4. The topological polar surface area (TPSA) is 117 Å². The van der Waals surface area contributed by atoms with E-state index in [1.165, 1.54) is 28.5 Å². The van der Waals surface area contributed by atoms with Gasteiger partial charge >= 0.3 is 5.97 Å². The van der Waals surface area contributed by atoms with Gasteiger partial charge in [-0.2, -0.15) is 0 Å². The second kappa shape index (κ2) is 11.7. The molecule has 0 spiro atoms. The number of hydrogen-bond donors (Lipinski definition) is 2. The lowest BCUT2D eigenvalue weighted by Gasteiger charge is -2.22. The van der Waals surface area contributed by atoms with Gasteiger partial charge in [-0.15, -0.1) is 11.3 Å². The van der Waals surface area contributed by atoms with E-state index in [1.54, 1.807) is 6.08 Å². The Balaban J connectivity index is 1.16. The minimum atomic E-state index is -1.04. The van der Waals surface area contributed by atoms with Gasteiger partial charge in [0.1, 0.15) is 5.52 Å². The van der Waals surface area contributed by atoms with Gasteiger partial charge in [-0.05, 0) is 43.4 Å². The molecule has 3 aromatic rings. The minimum Gasteiger partial charge on any atom is -0.476 e. The number of nitrogens with zero attached hydrogens (tertiary/aromatic N) is 3. The van der Waals surface area contributed by atoms with Gasteiger partial charge in [-0.25, -0.2) is 14.8 Å². The fourth-order valence-corrected chi connectivity index (χ4v) is 6.58. The number of rotatable bonds is 10. The summed E-state index contributed by atoms with van der Waals surface area (Å²) < 4.78 is 6.68. The summed E-state index contributed by atoms with van der Waals surface area (Å²) in [5.41, 5.74) is 4.87. The Morgan fingerprint density at radius 3 is 3.00 bits per heavy atom. The number of para-hydroxylation sites is 1. The Hall–Kier alpha value is -3.21. The highest BCUT2D eigenvalue weighted by Gasteiger charge is 2.29. The van der Waals surface area contributed by atoms with E-state index >= 15 is 0 Å². The van der Waals surface area contributed by atoms with Crippen LogP contribution in [-0.2, 0) is 4.79 Å². The Kier molecular flexibility index (Phi) is 8.11. The molecule has 5 rings (SSSR count). The molecule has 0 saturated carbocycles. The van der Waals surface area contributed by atoms with Crippen molar-refractivity contribution in [1.29, 1.82) is 0 Å². The Labute approximate surface area is 228 Å². The lowest BCUT2D eigenvalue weighted by Crippen LogP contribution is -2.33. The van der Waals surface area contributed by atoms with Crippen LogP contribution in [0, 0.1) is 6.92 Å². The summed E-state index contributed by atoms with van der Waals surface area (Å²) in [4.78, 5) is 34.0. The monoisotopic (exact) mass is 551 g/mol. The molecule has 1 aliphatic carbocycles. The van der Waals surface area contributed by atoms with Crippen molar-refractivity contribution in [2.75, 3.05) is 12.3 Å². The summed E-state index contributed by atoms with van der Waals surface area (Å²) >= 11 is 2.74. The number of likely N-dealkylation sites (tertiary alicyclic amines) is 1. The van der Waals surface area contributed by atoms with E-state index in [-0.39, 0.29) is 17.6 Å². The van der Waals surface area contributed by atoms with Gasteiger partial charge in [0.25, 0.3) is 0 Å². The smallest absolute Gasteiger partial charge is 0.355 e. The summed E-state index contributed by atoms with van der Waals surface area (Å²) in [6.07, 6.45) is 10.7. The van der Waals surface area contributed by atoms with Gasteiger partial charge in [0, 0.05) is 36.1 Å². The number of aromatic carboxylic acids is 1. The summed E-state index contributed by atoms with van der Waals surface area (Å²) in [6.45, 7) is 2.56. The molecule has 38 heavy (non-hydrogen) atoms. The molecule has 0 unspecified atom stereocenters. The van der Waals surface area contributed by atoms with E-state index in [9.17, 15) is 14.7 Å². The lowest BCUT2D eigenvalue weighted by atomic mass is 9.95. The molecule has 1 saturated heterocycles. The molecular formula is C28H29N3O5S2. The number of carboxylic acid groups (broad SMARTS) is 1. The van der Waals surface area contributed by atoms with Gasteiger partial charge in [-0.1, -0.05) is 48.2 Å². The van der Waals surface area contributed by atoms with Crippen LogP contribution in [0.4, 0.5) is 0 Å². The van der Waals surface area contributed by atoms with Gasteiger partial charge < -0.3 is 19.5 Å². The molecule has 1 amide bonds. The van der Waals surface area contributed by atoms with E-state index in [0.29, 0.717) is 35.4 Å². The first kappa shape index (κ1) is 26.4. The number of aromatic nitrogens is 2. The third-order valence-corrected chi connectivity index (χ3v) is 8.71. The van der Waals surface area contributed by atoms with Crippen molar-refractivity contribution in [3.8, 4) is 0 Å². The number of thioether (sulfide) groups is 1. The van der Waals surface area contributed by atoms with E-state index < -0.39 is 12.1 Å². The number of aliphatic hydroxyl groups excluding tert-OH is 1. The second-order valence-electron chi connectivity index (χ2n) is 9.43. The van der Waals surface area contributed by atoms with Crippen molar-refractivity contribution < 1.29 is 24.2 Å². The van der Waals surface area contributed by atoms with Crippen LogP contribution in [0.2, 0.25) is 0 Å². The number of benzene rings is 1. The van der Waals surface area contributed by atoms with Crippen LogP contribution in [0.25, 0.3) is 16.7 Å². The van der Waals surface area contributed by atoms with Crippen LogP contribution in [0.15, 0.2) is 62.2 Å². The van der Waals surface area contributed by atoms with Crippen molar-refractivity contribution in [1.82, 2.24) is 14.9 Å². The number of allylic oxidation sites excluding steroid dienone is 3. The zero-order chi connectivity index (χ0) is 26.6. The zero-order valence-corrected chi connectivity index (χ0v) is 22.6. The molecule has 10 heteroatoms. The molecular weight excluding hydrogens is 522 g/mol. The maximum Gasteiger partial charge on any atom is 0.355 e. The first-order valence-corrected chi connectivity index (χ1v) is 14.5. The first-order valence-electron chi connectivity index (χ1n) is 12.6. The molecule has 0 radical (unpaired) electrons. The zero-order valence-electron chi connectivity index (χ0n) is 21.0. The van der Waals surface area contributed by atoms with Crippen LogP contribution in [-0.4, -0.2) is 61.4 Å². The average Bonchev–Trinajstić information content (AvgIpc) is 3.63. The van der Waals surface area contributed by atoms with Crippen LogP contribution >= 0.6 is 23.1 Å². The van der Waals surface area contributed by atoms with Gasteiger partial charge in [0.05, 0.1) is 12.1 Å². The summed E-state index contributed by atoms with van der Waals surface area (Å²) in [7, 11) is 0. The predicted molar refractivity (Wildman–Crippen MR) is 148 cm³/mol. The SMILES string of the molecule is Cc1cccc2oc(C3=CC(C[C@H](O)/C=C/[C@H]4CCC(=O)N4CCSc4nc(C(=O)O)cs4)=CCC3)nc12. The molecule has 3 heterocycles. The van der Waals surface area contributed by atoms with Crippen molar-refractivity contribution in [3.05, 3.63) is 70.6 Å². The molecule has 198 valence electrons. The highest BCUT2D eigenvalue weighted by Crippen LogP contribution is 2.31. The minimum absolute atomic E-state index is 0.0449. The second-order valence-corrected chi connectivity index (χ2v) is 11.6. The molecule has 2 aliphatic rings. The largest absolute Gasteiger partial charge is 0.476 e. The quantitative estimate of drug-likeness (QED) is 0.251. The lowest BCUT2D eigenvalue weighted by molar-refractivity contribution is -0.128. The van der Waals surface area contributed by atoms with Crippen LogP contribution < -0.4 is 0 Å². The third kappa shape index (κ3) is 6.09. The highest BCUT2D eigenvalue weighted by molar-refractivity contribution is 8.01. The van der Waals surface area contributed by atoms with Crippen molar-refractivity contribution >= 4 is 51.6 Å². The number of carboxylic acids is 1. The number of aryl methyl sites for hydroxylation is 1. The molecule has 2 atom stereocenters. The maximum atomic E-state index is 12.4. The van der Waals surface area contributed by atoms with Crippen molar-refractivity contribution in [2.24, 2.45) is 0 Å². The summed E-state index contributed by atoms with van der Waals surface area (Å²) in [5.74, 6) is 0.320. The van der Waals surface area contributed by atoms with Gasteiger partial charge in [0.2, 0.25) is 11.8 Å². The standard InChI is InChI=1S/C28H29N3O5S2/c1-17-4-2-7-23-25(17)30-26(36-23)19-6-3-5-18(14-19)15-21(32)10-8-20-9-11-24(33)31(20)12-13-37-28-29-22(16-38-28)27(34)35/h2,4-5,7-8,10,14,16,20-21,32H,3,6,9,11-13,15H2,1H3,(H,34,35)/b10-8+/t20-,21+/m0/s1. The molecule has 0 bridgehead atoms. The van der Waals surface area contributed by atoms with E-state index in [4.69, 9.17) is 14.5 Å². The number of aliphatic hydroxyl groups is 1. The number of fused-ring (bicyclic) bond motifs is 1. The van der Waals surface area contributed by atoms with Crippen LogP contribution in [0.5, 0.6) is 0 Å². The number of carbonyl (C=O) groups is 2. The molecule has 2 N–H and O–H groups in total. The van der Waals surface area contributed by atoms with Crippen molar-refractivity contribution in [3.63, 3.8) is 0 Å². The van der Waals surface area contributed by atoms with Gasteiger partial charge in [0.15, 0.2) is 15.6 Å². The Bertz CT molecular complexity index is 1440. The maximum absolute atomic E-state index is 12.4. The fourth-order valence-electron chi connectivity index (χ4n) is 4.77. The van der Waals surface area contributed by atoms with Crippen molar-refractivity contribution in [2.45, 2.75) is 55.5 Å². The van der Waals surface area contributed by atoms with Crippen LogP contribution in [0.3, 0.4) is 0 Å². The molecule has 2 aromatic heterocycles. The molecule has 8 nitrogen and oxygen atoms in total. The van der Waals surface area contributed by atoms with E-state index in [1.807, 2.05) is 36.1 Å². The normalized spacial score (nSPS) is 18.8. The average molecular weight is 552 g/mol. The number of carbonyl (C=O) groups excluding carboxylic acids is 1. The predicted octanol–water partition coefficient (Wildman–Crippen LogP) is 5.49. The molecule has 1 aliphatic heterocycles. The molecule has 1 fully saturated rings. The number of oxazole rings is 1. The Morgan fingerprint density at radius 1 is 1.34 bits per heavy atom. The summed E-state index contributed by atoms with van der Waals surface area (Å²) in [6, 6.07) is 5.86.